The van der Waals surface area contributed by atoms with Crippen LogP contribution in [0.25, 0.3) is 11.1 Å². The second-order valence-electron chi connectivity index (χ2n) is 9.27. The van der Waals surface area contributed by atoms with E-state index in [9.17, 15) is 14.0 Å². The maximum atomic E-state index is 14.5. The molecule has 6 heteroatoms. The molecule has 0 radical (unpaired) electrons. The number of hydrogen-bond donors (Lipinski definition) is 0. The van der Waals surface area contributed by atoms with Gasteiger partial charge in [-0.1, -0.05) is 51.7 Å². The van der Waals surface area contributed by atoms with Gasteiger partial charge in [0.2, 0.25) is 5.60 Å². The lowest BCUT2D eigenvalue weighted by Gasteiger charge is -2.21. The molecule has 0 aliphatic carbocycles. The van der Waals surface area contributed by atoms with E-state index in [4.69, 9.17) is 14.2 Å². The van der Waals surface area contributed by atoms with E-state index in [-0.39, 0.29) is 17.6 Å². The molecule has 2 unspecified atom stereocenters. The first-order valence-electron chi connectivity index (χ1n) is 12.3. The van der Waals surface area contributed by atoms with E-state index in [0.29, 0.717) is 30.8 Å². The predicted molar refractivity (Wildman–Crippen MR) is 129 cm³/mol. The summed E-state index contributed by atoms with van der Waals surface area (Å²) in [5.41, 5.74) is 0.944. The largest absolute Gasteiger partial charge is 0.491 e. The minimum Gasteiger partial charge on any atom is -0.491 e. The lowest BCUT2D eigenvalue weighted by molar-refractivity contribution is -0.166. The maximum absolute atomic E-state index is 14.5. The molecule has 2 atom stereocenters. The van der Waals surface area contributed by atoms with Crippen LogP contribution in [0.2, 0.25) is 0 Å². The molecule has 2 aromatic rings. The molecule has 184 valence electrons. The molecule has 0 N–H and O–H groups in total. The van der Waals surface area contributed by atoms with Crippen LogP contribution in [0.4, 0.5) is 4.39 Å². The number of aryl methyl sites for hydroxylation is 1. The van der Waals surface area contributed by atoms with Gasteiger partial charge in [0, 0.05) is 6.42 Å². The Balaban J connectivity index is 1.67. The lowest BCUT2D eigenvalue weighted by atomic mass is 9.92. The fourth-order valence-electron chi connectivity index (χ4n) is 4.18. The number of carbonyl (C=O) groups is 2. The lowest BCUT2D eigenvalue weighted by Crippen LogP contribution is -2.38. The van der Waals surface area contributed by atoms with Crippen molar-refractivity contribution in [1.29, 1.82) is 0 Å². The summed E-state index contributed by atoms with van der Waals surface area (Å²) in [6, 6.07) is 10.2. The number of carbonyl (C=O) groups excluding carboxylic acids is 2. The second-order valence-corrected chi connectivity index (χ2v) is 9.27. The van der Waals surface area contributed by atoms with E-state index in [1.165, 1.54) is 6.07 Å². The summed E-state index contributed by atoms with van der Waals surface area (Å²) in [6.07, 6.45) is 5.97. The first-order chi connectivity index (χ1) is 16.3. The van der Waals surface area contributed by atoms with Crippen LogP contribution in [0.5, 0.6) is 11.5 Å². The van der Waals surface area contributed by atoms with Crippen molar-refractivity contribution in [2.75, 3.05) is 6.61 Å². The molecule has 1 aliphatic heterocycles. The minimum absolute atomic E-state index is 0.249. The first kappa shape index (κ1) is 25.7. The van der Waals surface area contributed by atoms with Gasteiger partial charge < -0.3 is 14.2 Å². The molecule has 1 fully saturated rings. The third-order valence-corrected chi connectivity index (χ3v) is 6.28. The van der Waals surface area contributed by atoms with Gasteiger partial charge in [-0.2, -0.15) is 0 Å². The third-order valence-electron chi connectivity index (χ3n) is 6.28. The van der Waals surface area contributed by atoms with Crippen molar-refractivity contribution in [2.24, 2.45) is 5.92 Å². The summed E-state index contributed by atoms with van der Waals surface area (Å²) in [5.74, 6) is -0.950. The second kappa shape index (κ2) is 11.5. The molecule has 0 spiro atoms. The first-order valence-corrected chi connectivity index (χ1v) is 12.3. The molecule has 0 saturated carbocycles. The highest BCUT2D eigenvalue weighted by molar-refractivity contribution is 5.89. The van der Waals surface area contributed by atoms with Crippen molar-refractivity contribution in [3.8, 4) is 22.6 Å². The SMILES string of the molecule is CCCCCOc1ccc(-c2ccc(OC(=O)C3(C)CC(CCCC)C(=O)O3)c(C)c2)cc1F. The summed E-state index contributed by atoms with van der Waals surface area (Å²) in [4.78, 5) is 25.0. The zero-order chi connectivity index (χ0) is 24.7. The molecule has 2 aromatic carbocycles. The van der Waals surface area contributed by atoms with Gasteiger partial charge in [-0.25, -0.2) is 9.18 Å². The smallest absolute Gasteiger partial charge is 0.355 e. The zero-order valence-electron chi connectivity index (χ0n) is 20.6. The number of hydrogen-bond acceptors (Lipinski definition) is 5. The summed E-state index contributed by atoms with van der Waals surface area (Å²) < 4.78 is 31.1. The number of esters is 2. The van der Waals surface area contributed by atoms with Gasteiger partial charge in [0.25, 0.3) is 0 Å². The van der Waals surface area contributed by atoms with Crippen molar-refractivity contribution in [2.45, 2.75) is 78.2 Å². The van der Waals surface area contributed by atoms with Crippen LogP contribution in [-0.4, -0.2) is 24.1 Å². The van der Waals surface area contributed by atoms with Gasteiger partial charge in [-0.05, 0) is 67.6 Å². The standard InChI is InChI=1S/C28H35FO5/c1-5-7-9-15-32-25-14-12-21(17-23(25)29)20-11-13-24(19(3)16-20)33-27(31)28(4)18-22(10-8-6-2)26(30)34-28/h11-14,16-17,22H,5-10,15,18H2,1-4H3. The highest BCUT2D eigenvalue weighted by Crippen LogP contribution is 2.36. The number of rotatable bonds is 11. The summed E-state index contributed by atoms with van der Waals surface area (Å²) >= 11 is 0. The molecular formula is C28H35FO5. The van der Waals surface area contributed by atoms with E-state index >= 15 is 0 Å². The van der Waals surface area contributed by atoms with Gasteiger partial charge in [0.05, 0.1) is 12.5 Å². The highest BCUT2D eigenvalue weighted by atomic mass is 19.1. The highest BCUT2D eigenvalue weighted by Gasteiger charge is 2.49. The number of benzene rings is 2. The molecule has 3 rings (SSSR count). The minimum atomic E-state index is -1.28. The van der Waals surface area contributed by atoms with Crippen molar-refractivity contribution in [3.63, 3.8) is 0 Å². The third kappa shape index (κ3) is 6.16. The van der Waals surface area contributed by atoms with E-state index in [0.717, 1.165) is 43.2 Å². The van der Waals surface area contributed by atoms with Crippen molar-refractivity contribution in [1.82, 2.24) is 0 Å². The zero-order valence-corrected chi connectivity index (χ0v) is 20.6. The number of ether oxygens (including phenoxy) is 3. The molecule has 0 aromatic heterocycles. The Hall–Kier alpha value is -2.89. The van der Waals surface area contributed by atoms with Crippen LogP contribution in [0.3, 0.4) is 0 Å². The maximum Gasteiger partial charge on any atom is 0.355 e. The summed E-state index contributed by atoms with van der Waals surface area (Å²) in [7, 11) is 0. The van der Waals surface area contributed by atoms with Crippen LogP contribution in [0.15, 0.2) is 36.4 Å². The molecule has 34 heavy (non-hydrogen) atoms. The van der Waals surface area contributed by atoms with Gasteiger partial charge in [0.15, 0.2) is 11.6 Å². The monoisotopic (exact) mass is 470 g/mol. The quantitative estimate of drug-likeness (QED) is 0.206. The Morgan fingerprint density at radius 3 is 2.38 bits per heavy atom. The number of unbranched alkanes of at least 4 members (excludes halogenated alkanes) is 3. The fraction of sp³-hybridized carbons (Fsp3) is 0.500. The van der Waals surface area contributed by atoms with Crippen molar-refractivity contribution < 1.29 is 28.2 Å². The molecule has 0 amide bonds. The topological polar surface area (TPSA) is 61.8 Å². The average Bonchev–Trinajstić information content (AvgIpc) is 3.11. The molecule has 0 bridgehead atoms. The van der Waals surface area contributed by atoms with E-state index in [2.05, 4.69) is 13.8 Å². The van der Waals surface area contributed by atoms with E-state index in [1.54, 1.807) is 25.1 Å². The van der Waals surface area contributed by atoms with Gasteiger partial charge in [-0.15, -0.1) is 0 Å². The Bertz CT molecular complexity index is 1020. The Labute approximate surface area is 201 Å². The van der Waals surface area contributed by atoms with E-state index in [1.807, 2.05) is 19.1 Å². The molecule has 1 aliphatic rings. The van der Waals surface area contributed by atoms with Crippen LogP contribution in [0, 0.1) is 18.7 Å². The fourth-order valence-corrected chi connectivity index (χ4v) is 4.18. The van der Waals surface area contributed by atoms with Gasteiger partial charge >= 0.3 is 11.9 Å². The average molecular weight is 471 g/mol. The van der Waals surface area contributed by atoms with E-state index < -0.39 is 17.4 Å². The normalized spacial score (nSPS) is 19.7. The van der Waals surface area contributed by atoms with Crippen LogP contribution < -0.4 is 9.47 Å². The van der Waals surface area contributed by atoms with Gasteiger partial charge in [-0.3, -0.25) is 4.79 Å². The Morgan fingerprint density at radius 1 is 1.06 bits per heavy atom. The molecular weight excluding hydrogens is 435 g/mol. The number of cyclic esters (lactones) is 1. The van der Waals surface area contributed by atoms with Crippen LogP contribution in [0.1, 0.15) is 71.3 Å². The molecule has 5 nitrogen and oxygen atoms in total. The van der Waals surface area contributed by atoms with Crippen molar-refractivity contribution >= 4 is 11.9 Å². The summed E-state index contributed by atoms with van der Waals surface area (Å²) in [6.45, 7) is 8.09. The van der Waals surface area contributed by atoms with Crippen LogP contribution in [-0.2, 0) is 14.3 Å². The van der Waals surface area contributed by atoms with Crippen LogP contribution >= 0.6 is 0 Å². The Kier molecular flexibility index (Phi) is 8.70. The summed E-state index contributed by atoms with van der Waals surface area (Å²) in [5, 5.41) is 0. The predicted octanol–water partition coefficient (Wildman–Crippen LogP) is 6.79. The molecule has 1 saturated heterocycles. The van der Waals surface area contributed by atoms with Gasteiger partial charge in [0.1, 0.15) is 5.75 Å². The number of halogens is 1. The van der Waals surface area contributed by atoms with Crippen molar-refractivity contribution in [3.05, 3.63) is 47.8 Å². The Morgan fingerprint density at radius 2 is 1.74 bits per heavy atom. The molecule has 1 heterocycles.